The maximum atomic E-state index is 13.5. The van der Waals surface area contributed by atoms with E-state index in [0.29, 0.717) is 17.5 Å². The van der Waals surface area contributed by atoms with Crippen LogP contribution >= 0.6 is 11.8 Å². The maximum Gasteiger partial charge on any atom is 0.316 e. The molecule has 0 unspecified atom stereocenters. The number of carbonyl (C=O) groups is 2. The number of allylic oxidation sites excluding steroid dienone is 2. The molecule has 9 heteroatoms. The van der Waals surface area contributed by atoms with Gasteiger partial charge < -0.3 is 10.1 Å². The first kappa shape index (κ1) is 19.6. The lowest BCUT2D eigenvalue weighted by molar-refractivity contribution is -0.137. The Hall–Kier alpha value is -2.68. The molecule has 2 atom stereocenters. The number of hydrogen-bond donors (Lipinski definition) is 1. The highest BCUT2D eigenvalue weighted by atomic mass is 32.2. The highest BCUT2D eigenvalue weighted by Gasteiger charge is 2.45. The van der Waals surface area contributed by atoms with E-state index in [4.69, 9.17) is 0 Å². The van der Waals surface area contributed by atoms with Gasteiger partial charge in [0.2, 0.25) is 11.1 Å². The fraction of sp³-hybridized carbons (Fsp3) is 0.400. The van der Waals surface area contributed by atoms with Crippen LogP contribution in [0.2, 0.25) is 0 Å². The number of methoxy groups -OCH3 is 1. The molecule has 4 rings (SSSR count). The summed E-state index contributed by atoms with van der Waals surface area (Å²) in [7, 11) is 1.32. The summed E-state index contributed by atoms with van der Waals surface area (Å²) in [6.45, 7) is 4.03. The topological polar surface area (TPSA) is 86.1 Å². The minimum absolute atomic E-state index is 0.0826. The standard InChI is InChI=1S/C20H21FN4O3S/c1-20(2)8-13-16(14(26)9-20)17(11-4-6-12(21)7-5-11)25-18(22-13)23-19(24-25)29-10-15(27)28-3/h4-8,16-17H,9-10H2,1-3H3,(H,22,23,24)/t16-,17-/m1/s1. The molecule has 2 aromatic rings. The van der Waals surface area contributed by atoms with Crippen LogP contribution < -0.4 is 5.32 Å². The third kappa shape index (κ3) is 3.78. The van der Waals surface area contributed by atoms with Gasteiger partial charge in [-0.15, -0.1) is 5.10 Å². The van der Waals surface area contributed by atoms with E-state index in [9.17, 15) is 14.0 Å². The number of halogens is 1. The fourth-order valence-corrected chi connectivity index (χ4v) is 4.51. The number of esters is 1. The first-order valence-corrected chi connectivity index (χ1v) is 10.2. The Morgan fingerprint density at radius 1 is 1.38 bits per heavy atom. The molecule has 29 heavy (non-hydrogen) atoms. The van der Waals surface area contributed by atoms with E-state index in [-0.39, 0.29) is 28.7 Å². The Kier molecular flexibility index (Phi) is 4.94. The molecule has 0 saturated heterocycles. The molecular formula is C20H21FN4O3S. The molecule has 1 aromatic carbocycles. The average Bonchev–Trinajstić information content (AvgIpc) is 3.06. The van der Waals surface area contributed by atoms with E-state index >= 15 is 0 Å². The predicted molar refractivity (Wildman–Crippen MR) is 106 cm³/mol. The van der Waals surface area contributed by atoms with Crippen molar-refractivity contribution in [3.8, 4) is 0 Å². The molecule has 1 aliphatic heterocycles. The largest absolute Gasteiger partial charge is 0.468 e. The number of nitrogens with one attached hydrogen (secondary N) is 1. The van der Waals surface area contributed by atoms with E-state index in [1.807, 2.05) is 13.8 Å². The summed E-state index contributed by atoms with van der Waals surface area (Å²) in [5.41, 5.74) is 1.28. The third-order valence-electron chi connectivity index (χ3n) is 5.06. The van der Waals surface area contributed by atoms with Gasteiger partial charge in [0.1, 0.15) is 11.6 Å². The molecule has 0 fully saturated rings. The first-order chi connectivity index (χ1) is 13.8. The van der Waals surface area contributed by atoms with Crippen molar-refractivity contribution in [3.05, 3.63) is 47.4 Å². The van der Waals surface area contributed by atoms with Crippen LogP contribution in [0.4, 0.5) is 10.3 Å². The van der Waals surface area contributed by atoms with E-state index in [0.717, 1.165) is 23.0 Å². The summed E-state index contributed by atoms with van der Waals surface area (Å²) in [5.74, 6) is -0.513. The average molecular weight is 416 g/mol. The summed E-state index contributed by atoms with van der Waals surface area (Å²) in [6, 6.07) is 5.65. The molecule has 1 aromatic heterocycles. The third-order valence-corrected chi connectivity index (χ3v) is 5.87. The maximum absolute atomic E-state index is 13.5. The van der Waals surface area contributed by atoms with Gasteiger partial charge in [0, 0.05) is 12.1 Å². The molecule has 0 saturated carbocycles. The lowest BCUT2D eigenvalue weighted by Crippen LogP contribution is -2.42. The number of fused-ring (bicyclic) bond motifs is 2. The van der Waals surface area contributed by atoms with Crippen LogP contribution in [0.5, 0.6) is 0 Å². The number of benzene rings is 1. The molecule has 152 valence electrons. The second-order valence-corrected chi connectivity index (χ2v) is 8.80. The number of anilines is 1. The van der Waals surface area contributed by atoms with E-state index < -0.39 is 12.0 Å². The summed E-state index contributed by atoms with van der Waals surface area (Å²) >= 11 is 1.16. The van der Waals surface area contributed by atoms with Crippen molar-refractivity contribution in [2.24, 2.45) is 11.3 Å². The molecular weight excluding hydrogens is 395 g/mol. The molecule has 1 aliphatic carbocycles. The van der Waals surface area contributed by atoms with Crippen LogP contribution in [0.15, 0.2) is 41.2 Å². The summed E-state index contributed by atoms with van der Waals surface area (Å²) in [5, 5.41) is 8.17. The van der Waals surface area contributed by atoms with Crippen LogP contribution in [-0.2, 0) is 14.3 Å². The molecule has 0 spiro atoms. The van der Waals surface area contributed by atoms with Gasteiger partial charge >= 0.3 is 5.97 Å². The van der Waals surface area contributed by atoms with Crippen LogP contribution in [0.25, 0.3) is 0 Å². The minimum Gasteiger partial charge on any atom is -0.468 e. The highest BCUT2D eigenvalue weighted by molar-refractivity contribution is 7.99. The number of thioether (sulfide) groups is 1. The Labute approximate surface area is 171 Å². The molecule has 7 nitrogen and oxygen atoms in total. The molecule has 0 radical (unpaired) electrons. The minimum atomic E-state index is -0.457. The zero-order valence-corrected chi connectivity index (χ0v) is 17.1. The number of ketones is 1. The number of nitrogens with zero attached hydrogens (tertiary/aromatic N) is 3. The summed E-state index contributed by atoms with van der Waals surface area (Å²) < 4.78 is 19.8. The van der Waals surface area contributed by atoms with Gasteiger partial charge in [-0.05, 0) is 23.1 Å². The number of carbonyl (C=O) groups excluding carboxylic acids is 2. The summed E-state index contributed by atoms with van der Waals surface area (Å²) in [4.78, 5) is 29.0. The lowest BCUT2D eigenvalue weighted by atomic mass is 9.72. The quantitative estimate of drug-likeness (QED) is 0.605. The van der Waals surface area contributed by atoms with Gasteiger partial charge in [0.05, 0.1) is 24.8 Å². The van der Waals surface area contributed by atoms with Gasteiger partial charge in [-0.25, -0.2) is 9.07 Å². The van der Waals surface area contributed by atoms with Crippen molar-refractivity contribution >= 4 is 29.5 Å². The second-order valence-electron chi connectivity index (χ2n) is 7.86. The van der Waals surface area contributed by atoms with Crippen molar-refractivity contribution in [2.45, 2.75) is 31.5 Å². The van der Waals surface area contributed by atoms with Crippen molar-refractivity contribution in [2.75, 3.05) is 18.2 Å². The van der Waals surface area contributed by atoms with Gasteiger partial charge in [-0.1, -0.05) is 43.8 Å². The van der Waals surface area contributed by atoms with E-state index in [2.05, 4.69) is 26.2 Å². The van der Waals surface area contributed by atoms with Crippen LogP contribution in [0, 0.1) is 17.2 Å². The fourth-order valence-electron chi connectivity index (χ4n) is 3.84. The second kappa shape index (κ2) is 7.29. The van der Waals surface area contributed by atoms with Crippen molar-refractivity contribution in [3.63, 3.8) is 0 Å². The van der Waals surface area contributed by atoms with Crippen LogP contribution in [0.1, 0.15) is 31.9 Å². The highest BCUT2D eigenvalue weighted by Crippen LogP contribution is 2.45. The van der Waals surface area contributed by atoms with Crippen LogP contribution in [0.3, 0.4) is 0 Å². The number of rotatable bonds is 4. The lowest BCUT2D eigenvalue weighted by Gasteiger charge is -2.40. The van der Waals surface area contributed by atoms with Crippen molar-refractivity contribution < 1.29 is 18.7 Å². The van der Waals surface area contributed by atoms with Crippen molar-refractivity contribution in [1.29, 1.82) is 0 Å². The Balaban J connectivity index is 1.78. The van der Waals surface area contributed by atoms with Gasteiger partial charge in [0.25, 0.3) is 0 Å². The van der Waals surface area contributed by atoms with Gasteiger partial charge in [0.15, 0.2) is 0 Å². The normalized spacial score (nSPS) is 22.2. The summed E-state index contributed by atoms with van der Waals surface area (Å²) in [6.07, 6.45) is 2.48. The molecule has 0 bridgehead atoms. The van der Waals surface area contributed by atoms with Gasteiger partial charge in [-0.3, -0.25) is 9.59 Å². The predicted octanol–water partition coefficient (Wildman–Crippen LogP) is 3.20. The Morgan fingerprint density at radius 3 is 2.79 bits per heavy atom. The van der Waals surface area contributed by atoms with Gasteiger partial charge in [-0.2, -0.15) is 4.98 Å². The Morgan fingerprint density at radius 2 is 2.10 bits per heavy atom. The number of hydrogen-bond acceptors (Lipinski definition) is 7. The van der Waals surface area contributed by atoms with Crippen LogP contribution in [-0.4, -0.2) is 39.4 Å². The number of Topliss-reactive ketones (excluding diaryl/α,β-unsaturated/α-hetero) is 1. The van der Waals surface area contributed by atoms with E-state index in [1.165, 1.54) is 19.2 Å². The van der Waals surface area contributed by atoms with E-state index in [1.54, 1.807) is 16.8 Å². The zero-order valence-electron chi connectivity index (χ0n) is 16.3. The first-order valence-electron chi connectivity index (χ1n) is 9.21. The molecule has 1 N–H and O–H groups in total. The number of aromatic nitrogens is 3. The van der Waals surface area contributed by atoms with Crippen molar-refractivity contribution in [1.82, 2.24) is 14.8 Å². The zero-order chi connectivity index (χ0) is 20.8. The monoisotopic (exact) mass is 416 g/mol. The molecule has 0 amide bonds. The smallest absolute Gasteiger partial charge is 0.316 e. The molecule has 2 aliphatic rings. The Bertz CT molecular complexity index is 1000. The number of ether oxygens (including phenoxy) is 1. The SMILES string of the molecule is COC(=O)CSc1nc2n(n1)[C@H](c1ccc(F)cc1)[C@H]1C(=O)CC(C)(C)C=C1N2. The molecule has 2 heterocycles.